The smallest absolute Gasteiger partial charge is 0.417 e. The Morgan fingerprint density at radius 1 is 1.24 bits per heavy atom. The Hall–Kier alpha value is -2.57. The molecule has 2 rings (SSSR count). The van der Waals surface area contributed by atoms with Crippen molar-refractivity contribution in [2.24, 2.45) is 5.10 Å². The van der Waals surface area contributed by atoms with Crippen molar-refractivity contribution in [3.63, 3.8) is 0 Å². The predicted molar refractivity (Wildman–Crippen MR) is 73.4 cm³/mol. The van der Waals surface area contributed by atoms with Gasteiger partial charge < -0.3 is 4.74 Å². The predicted octanol–water partition coefficient (Wildman–Crippen LogP) is 3.56. The fourth-order valence-corrected chi connectivity index (χ4v) is 1.52. The van der Waals surface area contributed by atoms with Crippen LogP contribution >= 0.6 is 0 Å². The Balaban J connectivity index is 2.00. The molecular formula is C14H12F3N3O. The van der Waals surface area contributed by atoms with E-state index in [2.05, 4.69) is 15.5 Å². The molecule has 2 aromatic rings. The molecule has 4 nitrogen and oxygen atoms in total. The van der Waals surface area contributed by atoms with Gasteiger partial charge in [0, 0.05) is 6.20 Å². The number of hydrazone groups is 1. The second-order valence-corrected chi connectivity index (χ2v) is 4.08. The molecule has 0 amide bonds. The number of benzene rings is 1. The Bertz CT molecular complexity index is 624. The summed E-state index contributed by atoms with van der Waals surface area (Å²) in [6.07, 6.45) is -2.12. The van der Waals surface area contributed by atoms with Gasteiger partial charge in [-0.1, -0.05) is 12.1 Å². The van der Waals surface area contributed by atoms with Crippen LogP contribution in [0.25, 0.3) is 0 Å². The Morgan fingerprint density at radius 3 is 2.67 bits per heavy atom. The molecule has 0 saturated carbocycles. The van der Waals surface area contributed by atoms with E-state index < -0.39 is 11.7 Å². The first-order chi connectivity index (χ1) is 9.99. The average Bonchev–Trinajstić information content (AvgIpc) is 2.47. The summed E-state index contributed by atoms with van der Waals surface area (Å²) in [6, 6.07) is 9.33. The van der Waals surface area contributed by atoms with Crippen molar-refractivity contribution < 1.29 is 17.9 Å². The first-order valence-electron chi connectivity index (χ1n) is 5.95. The van der Waals surface area contributed by atoms with Crippen LogP contribution in [0.5, 0.6) is 5.75 Å². The van der Waals surface area contributed by atoms with Crippen LogP contribution in [-0.4, -0.2) is 18.3 Å². The van der Waals surface area contributed by atoms with Crippen molar-refractivity contribution in [3.05, 3.63) is 53.7 Å². The minimum Gasteiger partial charge on any atom is -0.497 e. The van der Waals surface area contributed by atoms with Crippen LogP contribution in [-0.2, 0) is 6.18 Å². The number of nitrogens with one attached hydrogen (secondary N) is 1. The molecule has 7 heteroatoms. The summed E-state index contributed by atoms with van der Waals surface area (Å²) >= 11 is 0. The summed E-state index contributed by atoms with van der Waals surface area (Å²) in [5.74, 6) is 0.911. The lowest BCUT2D eigenvalue weighted by Crippen LogP contribution is -2.05. The number of alkyl halides is 3. The maximum atomic E-state index is 12.4. The van der Waals surface area contributed by atoms with Gasteiger partial charge in [0.1, 0.15) is 11.6 Å². The highest BCUT2D eigenvalue weighted by Gasteiger charge is 2.30. The van der Waals surface area contributed by atoms with Crippen molar-refractivity contribution in [3.8, 4) is 5.75 Å². The summed E-state index contributed by atoms with van der Waals surface area (Å²) in [7, 11) is 1.56. The number of anilines is 1. The largest absolute Gasteiger partial charge is 0.497 e. The number of nitrogens with zero attached hydrogens (tertiary/aromatic N) is 2. The normalized spacial score (nSPS) is 11.6. The van der Waals surface area contributed by atoms with Gasteiger partial charge in [0.15, 0.2) is 0 Å². The van der Waals surface area contributed by atoms with Crippen molar-refractivity contribution in [1.82, 2.24) is 4.98 Å². The quantitative estimate of drug-likeness (QED) is 0.693. The molecular weight excluding hydrogens is 283 g/mol. The van der Waals surface area contributed by atoms with Gasteiger partial charge in [-0.2, -0.15) is 18.3 Å². The van der Waals surface area contributed by atoms with Gasteiger partial charge in [0.2, 0.25) is 0 Å². The number of methoxy groups -OCH3 is 1. The molecule has 0 radical (unpaired) electrons. The first-order valence-corrected chi connectivity index (χ1v) is 5.95. The van der Waals surface area contributed by atoms with Gasteiger partial charge in [0.05, 0.1) is 18.9 Å². The maximum absolute atomic E-state index is 12.4. The number of halogens is 3. The first kappa shape index (κ1) is 14.8. The molecule has 0 bridgehead atoms. The van der Waals surface area contributed by atoms with E-state index in [4.69, 9.17) is 4.74 Å². The summed E-state index contributed by atoms with van der Waals surface area (Å²) in [5.41, 5.74) is 2.54. The molecule has 1 N–H and O–H groups in total. The van der Waals surface area contributed by atoms with Crippen molar-refractivity contribution in [1.29, 1.82) is 0 Å². The summed E-state index contributed by atoms with van der Waals surface area (Å²) in [6.45, 7) is 0. The lowest BCUT2D eigenvalue weighted by atomic mass is 10.2. The Morgan fingerprint density at radius 2 is 2.05 bits per heavy atom. The lowest BCUT2D eigenvalue weighted by Gasteiger charge is -2.06. The summed E-state index contributed by atoms with van der Waals surface area (Å²) in [5, 5.41) is 3.90. The SMILES string of the molecule is COc1cccc(/C=N/Nc2ccc(C(F)(F)F)cn2)c1. The van der Waals surface area contributed by atoms with Crippen molar-refractivity contribution in [2.75, 3.05) is 12.5 Å². The highest BCUT2D eigenvalue weighted by molar-refractivity contribution is 5.80. The molecule has 21 heavy (non-hydrogen) atoms. The van der Waals surface area contributed by atoms with Crippen LogP contribution in [0.3, 0.4) is 0 Å². The van der Waals surface area contributed by atoms with E-state index in [1.807, 2.05) is 6.07 Å². The molecule has 0 saturated heterocycles. The highest BCUT2D eigenvalue weighted by Crippen LogP contribution is 2.28. The number of hydrogen-bond donors (Lipinski definition) is 1. The zero-order valence-corrected chi connectivity index (χ0v) is 11.1. The van der Waals surface area contributed by atoms with E-state index in [9.17, 15) is 13.2 Å². The molecule has 0 unspecified atom stereocenters. The minimum absolute atomic E-state index is 0.224. The molecule has 110 valence electrons. The topological polar surface area (TPSA) is 46.5 Å². The van der Waals surface area contributed by atoms with Crippen LogP contribution in [0.2, 0.25) is 0 Å². The van der Waals surface area contributed by atoms with E-state index in [1.165, 1.54) is 12.3 Å². The molecule has 1 aromatic carbocycles. The molecule has 0 atom stereocenters. The summed E-state index contributed by atoms with van der Waals surface area (Å²) in [4.78, 5) is 3.64. The van der Waals surface area contributed by atoms with E-state index in [-0.39, 0.29) is 5.82 Å². The van der Waals surface area contributed by atoms with Gasteiger partial charge in [-0.15, -0.1) is 0 Å². The molecule has 0 aliphatic rings. The maximum Gasteiger partial charge on any atom is 0.417 e. The fraction of sp³-hybridized carbons (Fsp3) is 0.143. The third-order valence-corrected chi connectivity index (χ3v) is 2.58. The molecule has 0 aliphatic heterocycles. The van der Waals surface area contributed by atoms with Gasteiger partial charge in [0.25, 0.3) is 0 Å². The van der Waals surface area contributed by atoms with Crippen molar-refractivity contribution in [2.45, 2.75) is 6.18 Å². The van der Waals surface area contributed by atoms with Crippen LogP contribution in [0.15, 0.2) is 47.7 Å². The van der Waals surface area contributed by atoms with E-state index >= 15 is 0 Å². The molecule has 1 aromatic heterocycles. The van der Waals surface area contributed by atoms with Gasteiger partial charge in [-0.05, 0) is 29.8 Å². The second kappa shape index (κ2) is 6.25. The van der Waals surface area contributed by atoms with Crippen LogP contribution in [0.1, 0.15) is 11.1 Å². The standard InChI is InChI=1S/C14H12F3N3O/c1-21-12-4-2-3-10(7-12)8-19-20-13-6-5-11(9-18-13)14(15,16)17/h2-9H,1H3,(H,18,20)/b19-8+. The Kier molecular flexibility index (Phi) is 4.42. The highest BCUT2D eigenvalue weighted by atomic mass is 19.4. The van der Waals surface area contributed by atoms with Gasteiger partial charge >= 0.3 is 6.18 Å². The van der Waals surface area contributed by atoms with Gasteiger partial charge in [-0.3, -0.25) is 5.43 Å². The second-order valence-electron chi connectivity index (χ2n) is 4.08. The van der Waals surface area contributed by atoms with E-state index in [1.54, 1.807) is 25.3 Å². The number of aromatic nitrogens is 1. The monoisotopic (exact) mass is 295 g/mol. The molecule has 0 aliphatic carbocycles. The third kappa shape index (κ3) is 4.20. The molecule has 1 heterocycles. The molecule has 0 fully saturated rings. The lowest BCUT2D eigenvalue weighted by molar-refractivity contribution is -0.137. The number of pyridine rings is 1. The zero-order chi connectivity index (χ0) is 15.3. The van der Waals surface area contributed by atoms with Crippen LogP contribution in [0.4, 0.5) is 19.0 Å². The number of rotatable bonds is 4. The van der Waals surface area contributed by atoms with E-state index in [0.717, 1.165) is 17.8 Å². The average molecular weight is 295 g/mol. The molecule has 0 spiro atoms. The van der Waals surface area contributed by atoms with Crippen molar-refractivity contribution >= 4 is 12.0 Å². The summed E-state index contributed by atoms with van der Waals surface area (Å²) < 4.78 is 42.2. The zero-order valence-electron chi connectivity index (χ0n) is 11.1. The number of ether oxygens (including phenoxy) is 1. The third-order valence-electron chi connectivity index (χ3n) is 2.58. The van der Waals surface area contributed by atoms with E-state index in [0.29, 0.717) is 5.75 Å². The minimum atomic E-state index is -4.39. The fourth-order valence-electron chi connectivity index (χ4n) is 1.52. The van der Waals surface area contributed by atoms with Crippen LogP contribution < -0.4 is 10.2 Å². The Labute approximate surface area is 119 Å². The van der Waals surface area contributed by atoms with Crippen LogP contribution in [0, 0.1) is 0 Å². The number of hydrogen-bond acceptors (Lipinski definition) is 4. The van der Waals surface area contributed by atoms with Gasteiger partial charge in [-0.25, -0.2) is 4.98 Å².